The van der Waals surface area contributed by atoms with Crippen LogP contribution < -0.4 is 10.6 Å². The Kier molecular flexibility index (Phi) is 18.2. The number of Topliss-reactive ketones (excluding diaryl/α,β-unsaturated/α-hetero) is 1. The molecule has 0 aromatic carbocycles. The number of likely N-dealkylation sites (tertiary alicyclic amines) is 3. The molecule has 4 amide bonds. The molecule has 6 rings (SSSR count). The van der Waals surface area contributed by atoms with E-state index < -0.39 is 70.7 Å². The van der Waals surface area contributed by atoms with E-state index >= 15 is 0 Å². The maximum Gasteiger partial charge on any atom is 0.353 e. The molecule has 9 atom stereocenters. The molecule has 17 nitrogen and oxygen atoms in total. The van der Waals surface area contributed by atoms with Crippen molar-refractivity contribution in [3.8, 4) is 0 Å². The number of hydrogen-bond donors (Lipinski definition) is 4. The van der Waals surface area contributed by atoms with Crippen molar-refractivity contribution in [3.63, 3.8) is 0 Å². The number of β-lactam (4-membered cyclic amide) rings is 1. The van der Waals surface area contributed by atoms with E-state index in [1.54, 1.807) is 31.9 Å². The Morgan fingerprint density at radius 2 is 1.72 bits per heavy atom. The molecule has 4 fully saturated rings. The number of aromatic nitrogens is 1. The lowest BCUT2D eigenvalue weighted by atomic mass is 9.74. The van der Waals surface area contributed by atoms with Gasteiger partial charge in [0.05, 0.1) is 30.7 Å². The van der Waals surface area contributed by atoms with Gasteiger partial charge in [-0.15, -0.1) is 11.8 Å². The predicted octanol–water partition coefficient (Wildman–Crippen LogP) is 5.32. The Bertz CT molecular complexity index is 2250. The van der Waals surface area contributed by atoms with Crippen LogP contribution in [-0.2, 0) is 44.7 Å². The number of rotatable bonds is 23. The lowest BCUT2D eigenvalue weighted by Gasteiger charge is -2.46. The van der Waals surface area contributed by atoms with Crippen LogP contribution in [0, 0.1) is 28.1 Å². The first-order valence-electron chi connectivity index (χ1n) is 26.1. The van der Waals surface area contributed by atoms with Gasteiger partial charge in [-0.3, -0.25) is 33.9 Å². The fourth-order valence-corrected chi connectivity index (χ4v) is 12.6. The molecular formula is C54H81N7O10S. The summed E-state index contributed by atoms with van der Waals surface area (Å²) in [5.74, 6) is -4.23. The predicted molar refractivity (Wildman–Crippen MR) is 275 cm³/mol. The number of ether oxygens (including phenoxy) is 1. The number of hydrogen-bond acceptors (Lipinski definition) is 13. The smallest absolute Gasteiger partial charge is 0.353 e. The first-order chi connectivity index (χ1) is 33.8. The van der Waals surface area contributed by atoms with Crippen molar-refractivity contribution in [2.24, 2.45) is 28.1 Å². The van der Waals surface area contributed by atoms with Crippen molar-refractivity contribution in [3.05, 3.63) is 53.0 Å². The molecule has 6 heterocycles. The van der Waals surface area contributed by atoms with Crippen LogP contribution in [0.1, 0.15) is 132 Å². The molecule has 398 valence electrons. The Hall–Kier alpha value is -4.81. The first kappa shape index (κ1) is 56.5. The highest BCUT2D eigenvalue weighted by Crippen LogP contribution is 2.52. The van der Waals surface area contributed by atoms with Gasteiger partial charge in [-0.05, 0) is 102 Å². The quantitative estimate of drug-likeness (QED) is 0.0621. The molecule has 1 aromatic heterocycles. The maximum atomic E-state index is 14.0. The molecular weight excluding hydrogens is 939 g/mol. The highest BCUT2D eigenvalue weighted by atomic mass is 32.2. The van der Waals surface area contributed by atoms with Gasteiger partial charge >= 0.3 is 11.9 Å². The summed E-state index contributed by atoms with van der Waals surface area (Å²) in [7, 11) is 1.89. The number of thioether (sulfide) groups is 1. The van der Waals surface area contributed by atoms with Crippen LogP contribution in [-0.4, -0.2) is 158 Å². The number of pyridine rings is 1. The lowest BCUT2D eigenvalue weighted by molar-refractivity contribution is -0.165. The van der Waals surface area contributed by atoms with Crippen LogP contribution in [0.2, 0.25) is 0 Å². The summed E-state index contributed by atoms with van der Waals surface area (Å²) >= 11 is 1.43. The fraction of sp³-hybridized carbons (Fsp3) is 0.704. The molecule has 0 saturated carbocycles. The summed E-state index contributed by atoms with van der Waals surface area (Å²) in [6, 6.07) is 2.05. The number of ketones is 1. The highest BCUT2D eigenvalue weighted by molar-refractivity contribution is 8.03. The number of carboxylic acids is 1. The third-order valence-electron chi connectivity index (χ3n) is 16.2. The number of aliphatic hydroxyl groups is 1. The van der Waals surface area contributed by atoms with Gasteiger partial charge in [-0.2, -0.15) is 0 Å². The summed E-state index contributed by atoms with van der Waals surface area (Å²) < 4.78 is 6.33. The van der Waals surface area contributed by atoms with Gasteiger partial charge in [-0.1, -0.05) is 68.0 Å². The van der Waals surface area contributed by atoms with Crippen molar-refractivity contribution in [2.45, 2.75) is 175 Å². The summed E-state index contributed by atoms with van der Waals surface area (Å²) in [6.07, 6.45) is 9.02. The summed E-state index contributed by atoms with van der Waals surface area (Å²) in [6.45, 7) is 23.5. The zero-order valence-corrected chi connectivity index (χ0v) is 45.1. The number of piperidine rings is 1. The summed E-state index contributed by atoms with van der Waals surface area (Å²) in [4.78, 5) is 105. The van der Waals surface area contributed by atoms with Gasteiger partial charge in [0.25, 0.3) is 5.91 Å². The Balaban J connectivity index is 0.970. The number of carbonyl (C=O) groups excluding carboxylic acids is 6. The number of aliphatic hydroxyl groups excluding tert-OH is 1. The Morgan fingerprint density at radius 1 is 1.00 bits per heavy atom. The minimum Gasteiger partial charge on any atom is -0.477 e. The normalized spacial score (nSPS) is 25.7. The van der Waals surface area contributed by atoms with E-state index in [4.69, 9.17) is 4.74 Å². The number of amides is 4. The molecule has 0 spiro atoms. The largest absolute Gasteiger partial charge is 0.477 e. The van der Waals surface area contributed by atoms with Crippen molar-refractivity contribution < 1.29 is 48.5 Å². The second-order valence-corrected chi connectivity index (χ2v) is 24.5. The fourth-order valence-electron chi connectivity index (χ4n) is 11.0. The van der Waals surface area contributed by atoms with Crippen LogP contribution in [0.5, 0.6) is 0 Å². The number of aryl methyl sites for hydroxylation is 1. The van der Waals surface area contributed by atoms with E-state index in [-0.39, 0.29) is 52.6 Å². The number of nitrogens with one attached hydrogen (secondary N) is 2. The molecule has 4 N–H and O–H groups in total. The Labute approximate surface area is 430 Å². The summed E-state index contributed by atoms with van der Waals surface area (Å²) in [5.41, 5.74) is 0.216. The number of nitrogens with zero attached hydrogens (tertiary/aromatic N) is 5. The molecule has 5 aliphatic rings. The zero-order chi connectivity index (χ0) is 53.0. The number of allylic oxidation sites excluding steroid dienone is 1. The third-order valence-corrected chi connectivity index (χ3v) is 17.7. The molecule has 4 saturated heterocycles. The number of carboxylic acid groups (broad SMARTS) is 1. The van der Waals surface area contributed by atoms with Crippen LogP contribution >= 0.6 is 11.8 Å². The molecule has 0 aliphatic carbocycles. The average molecular weight is 1020 g/mol. The molecule has 0 radical (unpaired) electrons. The van der Waals surface area contributed by atoms with E-state index in [0.29, 0.717) is 81.7 Å². The second-order valence-electron chi connectivity index (χ2n) is 23.2. The van der Waals surface area contributed by atoms with Gasteiger partial charge < -0.3 is 40.3 Å². The molecule has 18 heteroatoms. The molecule has 0 unspecified atom stereocenters. The average Bonchev–Trinajstić information content (AvgIpc) is 4.02. The maximum absolute atomic E-state index is 14.0. The SMILES string of the molecule is C=C(NCC(=O)N[C@H]1CCN(C(=O)[C@@H]2C[C@H](SC3=C(C(=O)O)N4C(=O)[C@H]([C@@H](C)O)[C@H]4[C@H]3C)CN2C)C1)C(C)(C)CCC(C)(C)C[C@@H](CCc1cccnc1)OC(=O)[C@@H]1CCCCN1C(=O)C(=O)C(C)(C)CC. The van der Waals surface area contributed by atoms with Crippen molar-refractivity contribution in [1.82, 2.24) is 35.2 Å². The van der Waals surface area contributed by atoms with Gasteiger partial charge in [0, 0.05) is 77.2 Å². The highest BCUT2D eigenvalue weighted by Gasteiger charge is 2.60. The molecule has 1 aromatic rings. The zero-order valence-electron chi connectivity index (χ0n) is 44.3. The van der Waals surface area contributed by atoms with Crippen molar-refractivity contribution in [2.75, 3.05) is 39.8 Å². The van der Waals surface area contributed by atoms with Gasteiger partial charge in [0.1, 0.15) is 17.8 Å². The third kappa shape index (κ3) is 12.9. The van der Waals surface area contributed by atoms with E-state index in [1.165, 1.54) is 21.6 Å². The van der Waals surface area contributed by atoms with Gasteiger partial charge in [-0.25, -0.2) is 9.59 Å². The number of carbonyl (C=O) groups is 7. The second kappa shape index (κ2) is 23.2. The van der Waals surface area contributed by atoms with Gasteiger partial charge in [0.15, 0.2) is 0 Å². The van der Waals surface area contributed by atoms with Crippen LogP contribution in [0.3, 0.4) is 0 Å². The molecule has 5 aliphatic heterocycles. The number of likely N-dealkylation sites (N-methyl/N-ethyl adjacent to an activating group) is 1. The van der Waals surface area contributed by atoms with Crippen molar-refractivity contribution >= 4 is 53.1 Å². The minimum atomic E-state index is -1.17. The number of esters is 1. The van der Waals surface area contributed by atoms with Gasteiger partial charge in [0.2, 0.25) is 23.5 Å². The number of aliphatic carboxylic acids is 1. The Morgan fingerprint density at radius 3 is 2.38 bits per heavy atom. The monoisotopic (exact) mass is 1020 g/mol. The first-order valence-corrected chi connectivity index (χ1v) is 27.0. The topological polar surface area (TPSA) is 219 Å². The van der Waals surface area contributed by atoms with Crippen molar-refractivity contribution in [1.29, 1.82) is 0 Å². The van der Waals surface area contributed by atoms with Crippen LogP contribution in [0.4, 0.5) is 0 Å². The minimum absolute atomic E-state index is 0.0126. The van der Waals surface area contributed by atoms with E-state index in [2.05, 4.69) is 49.9 Å². The summed E-state index contributed by atoms with van der Waals surface area (Å²) in [5, 5.41) is 26.6. The number of fused-ring (bicyclic) bond motifs is 1. The van der Waals surface area contributed by atoms with Crippen LogP contribution in [0.25, 0.3) is 0 Å². The van der Waals surface area contributed by atoms with Crippen LogP contribution in [0.15, 0.2) is 47.4 Å². The van der Waals surface area contributed by atoms with E-state index in [9.17, 15) is 43.8 Å². The lowest BCUT2D eigenvalue weighted by Crippen LogP contribution is -2.63. The van der Waals surface area contributed by atoms with E-state index in [1.807, 2.05) is 44.1 Å². The standard InChI is InChI=1S/C54H81N7O10S/c1-12-53(7,8)46(64)49(67)60-24-14-13-17-39(60)51(70)71-37(19-18-35-16-15-23-55-28-35)27-52(5,6)21-22-54(9,10)34(4)56-29-41(63)57-36-20-25-59(30-36)47(65)40-26-38(31-58(40)11)72-45-32(2)43-42(33(3)62)48(66)61(43)44(45)50(68)69/h15-16,23,28,32-33,36-40,42-43,56,62H,4,12-14,17-22,24-27,29-31H2,1-3,5-11H3,(H,57,63)(H,68,69)/t32-,33-,36+,37-,38+,39+,40+,42-,43-/m1/s1. The molecule has 0 bridgehead atoms. The molecule has 72 heavy (non-hydrogen) atoms. The van der Waals surface area contributed by atoms with E-state index in [0.717, 1.165) is 31.2 Å².